The first-order chi connectivity index (χ1) is 8.35. The standard InChI is InChI=1S/C11H18F3NO3/c1-3-18-9(16)10(7-17-2,8-4-5-8)15-6-11(12,13)14/h8,15H,3-7H2,1-2H3. The Morgan fingerprint density at radius 3 is 2.39 bits per heavy atom. The maximum Gasteiger partial charge on any atom is 0.401 e. The van der Waals surface area contributed by atoms with Gasteiger partial charge in [-0.3, -0.25) is 5.32 Å². The SMILES string of the molecule is CCOC(=O)C(COC)(NCC(F)(F)F)C1CC1. The first-order valence-corrected chi connectivity index (χ1v) is 5.83. The van der Waals surface area contributed by atoms with Crippen LogP contribution in [0.5, 0.6) is 0 Å². The highest BCUT2D eigenvalue weighted by atomic mass is 19.4. The van der Waals surface area contributed by atoms with E-state index in [0.29, 0.717) is 12.8 Å². The summed E-state index contributed by atoms with van der Waals surface area (Å²) in [6, 6.07) is 0. The lowest BCUT2D eigenvalue weighted by Crippen LogP contribution is -2.60. The minimum atomic E-state index is -4.37. The van der Waals surface area contributed by atoms with Gasteiger partial charge in [-0.15, -0.1) is 0 Å². The van der Waals surface area contributed by atoms with Crippen molar-refractivity contribution < 1.29 is 27.4 Å². The molecule has 1 saturated carbocycles. The molecule has 18 heavy (non-hydrogen) atoms. The van der Waals surface area contributed by atoms with Crippen LogP contribution in [0, 0.1) is 5.92 Å². The van der Waals surface area contributed by atoms with Crippen molar-refractivity contribution >= 4 is 5.97 Å². The van der Waals surface area contributed by atoms with Gasteiger partial charge in [-0.05, 0) is 25.7 Å². The molecule has 0 saturated heterocycles. The molecule has 1 fully saturated rings. The highest BCUT2D eigenvalue weighted by Crippen LogP contribution is 2.41. The van der Waals surface area contributed by atoms with Gasteiger partial charge in [-0.1, -0.05) is 0 Å². The maximum atomic E-state index is 12.3. The Morgan fingerprint density at radius 1 is 1.39 bits per heavy atom. The molecule has 1 aliphatic rings. The number of nitrogens with one attached hydrogen (secondary N) is 1. The Morgan fingerprint density at radius 2 is 2.00 bits per heavy atom. The minimum absolute atomic E-state index is 0.118. The van der Waals surface area contributed by atoms with Crippen LogP contribution in [0.2, 0.25) is 0 Å². The Bertz CT molecular complexity index is 292. The van der Waals surface area contributed by atoms with Crippen LogP contribution in [0.3, 0.4) is 0 Å². The van der Waals surface area contributed by atoms with Gasteiger partial charge in [0.25, 0.3) is 0 Å². The number of methoxy groups -OCH3 is 1. The van der Waals surface area contributed by atoms with Gasteiger partial charge in [0.05, 0.1) is 19.8 Å². The van der Waals surface area contributed by atoms with Crippen LogP contribution in [0.15, 0.2) is 0 Å². The molecule has 1 rings (SSSR count). The lowest BCUT2D eigenvalue weighted by molar-refractivity contribution is -0.160. The zero-order valence-electron chi connectivity index (χ0n) is 10.5. The van der Waals surface area contributed by atoms with E-state index < -0.39 is 24.2 Å². The van der Waals surface area contributed by atoms with Crippen molar-refractivity contribution in [1.82, 2.24) is 5.32 Å². The Labute approximate surface area is 104 Å². The molecule has 0 aromatic carbocycles. The fourth-order valence-corrected chi connectivity index (χ4v) is 1.93. The number of carbonyl (C=O) groups excluding carboxylic acids is 1. The molecule has 1 aliphatic carbocycles. The number of esters is 1. The van der Waals surface area contributed by atoms with Crippen molar-refractivity contribution in [2.75, 3.05) is 26.9 Å². The summed E-state index contributed by atoms with van der Waals surface area (Å²) in [6.07, 6.45) is -2.97. The molecule has 0 radical (unpaired) electrons. The minimum Gasteiger partial charge on any atom is -0.465 e. The summed E-state index contributed by atoms with van der Waals surface area (Å²) in [7, 11) is 1.35. The highest BCUT2D eigenvalue weighted by molar-refractivity contribution is 5.82. The van der Waals surface area contributed by atoms with E-state index in [2.05, 4.69) is 5.32 Å². The molecule has 1 unspecified atom stereocenters. The molecular formula is C11H18F3NO3. The van der Waals surface area contributed by atoms with Gasteiger partial charge < -0.3 is 9.47 Å². The molecule has 7 heteroatoms. The lowest BCUT2D eigenvalue weighted by Gasteiger charge is -2.32. The zero-order chi connectivity index (χ0) is 13.8. The van der Waals surface area contributed by atoms with E-state index in [-0.39, 0.29) is 19.1 Å². The second kappa shape index (κ2) is 5.88. The van der Waals surface area contributed by atoms with Crippen LogP contribution in [0.25, 0.3) is 0 Å². The van der Waals surface area contributed by atoms with E-state index in [1.165, 1.54) is 7.11 Å². The molecule has 0 aromatic heterocycles. The van der Waals surface area contributed by atoms with Gasteiger partial charge in [0.1, 0.15) is 5.54 Å². The van der Waals surface area contributed by atoms with E-state index in [1.54, 1.807) is 6.92 Å². The number of hydrogen-bond donors (Lipinski definition) is 1. The van der Waals surface area contributed by atoms with Crippen molar-refractivity contribution in [1.29, 1.82) is 0 Å². The van der Waals surface area contributed by atoms with Crippen molar-refractivity contribution in [2.24, 2.45) is 5.92 Å². The quantitative estimate of drug-likeness (QED) is 0.711. The number of alkyl halides is 3. The molecule has 1 N–H and O–H groups in total. The molecule has 0 heterocycles. The van der Waals surface area contributed by atoms with Crippen molar-refractivity contribution in [3.05, 3.63) is 0 Å². The third-order valence-electron chi connectivity index (χ3n) is 2.89. The molecule has 0 amide bonds. The Balaban J connectivity index is 2.80. The van der Waals surface area contributed by atoms with Crippen LogP contribution in [-0.2, 0) is 14.3 Å². The summed E-state index contributed by atoms with van der Waals surface area (Å²) in [6.45, 7) is 0.398. The number of hydrogen-bond acceptors (Lipinski definition) is 4. The van der Waals surface area contributed by atoms with Crippen LogP contribution < -0.4 is 5.32 Å². The molecule has 0 aromatic rings. The fourth-order valence-electron chi connectivity index (χ4n) is 1.93. The van der Waals surface area contributed by atoms with Crippen LogP contribution in [-0.4, -0.2) is 44.6 Å². The average molecular weight is 269 g/mol. The summed E-state index contributed by atoms with van der Waals surface area (Å²) in [5.41, 5.74) is -1.37. The van der Waals surface area contributed by atoms with Gasteiger partial charge in [0.15, 0.2) is 0 Å². The second-order valence-electron chi connectivity index (χ2n) is 4.37. The van der Waals surface area contributed by atoms with E-state index in [1.807, 2.05) is 0 Å². The molecule has 0 aliphatic heterocycles. The molecule has 4 nitrogen and oxygen atoms in total. The van der Waals surface area contributed by atoms with Gasteiger partial charge in [0.2, 0.25) is 0 Å². The predicted molar refractivity (Wildman–Crippen MR) is 58.0 cm³/mol. The topological polar surface area (TPSA) is 47.6 Å². The van der Waals surface area contributed by atoms with Gasteiger partial charge >= 0.3 is 12.1 Å². The van der Waals surface area contributed by atoms with Crippen molar-refractivity contribution in [3.63, 3.8) is 0 Å². The van der Waals surface area contributed by atoms with Gasteiger partial charge in [-0.25, -0.2) is 4.79 Å². The normalized spacial score (nSPS) is 19.4. The molecule has 0 spiro atoms. The van der Waals surface area contributed by atoms with E-state index >= 15 is 0 Å². The summed E-state index contributed by atoms with van der Waals surface area (Å²) >= 11 is 0. The van der Waals surface area contributed by atoms with E-state index in [9.17, 15) is 18.0 Å². The maximum absolute atomic E-state index is 12.3. The van der Waals surface area contributed by atoms with Gasteiger partial charge in [0, 0.05) is 7.11 Å². The van der Waals surface area contributed by atoms with Crippen molar-refractivity contribution in [3.8, 4) is 0 Å². The fraction of sp³-hybridized carbons (Fsp3) is 0.909. The number of rotatable bonds is 7. The number of carbonyl (C=O) groups is 1. The van der Waals surface area contributed by atoms with Crippen LogP contribution in [0.1, 0.15) is 19.8 Å². The lowest BCUT2D eigenvalue weighted by atomic mass is 9.94. The van der Waals surface area contributed by atoms with E-state index in [0.717, 1.165) is 0 Å². The van der Waals surface area contributed by atoms with Crippen LogP contribution in [0.4, 0.5) is 13.2 Å². The third-order valence-corrected chi connectivity index (χ3v) is 2.89. The second-order valence-corrected chi connectivity index (χ2v) is 4.37. The largest absolute Gasteiger partial charge is 0.465 e. The average Bonchev–Trinajstić information content (AvgIpc) is 3.07. The molecule has 1 atom stereocenters. The monoisotopic (exact) mass is 269 g/mol. The number of halogens is 3. The molecular weight excluding hydrogens is 251 g/mol. The van der Waals surface area contributed by atoms with Gasteiger partial charge in [-0.2, -0.15) is 13.2 Å². The Kier molecular flexibility index (Phi) is 4.98. The van der Waals surface area contributed by atoms with Crippen LogP contribution >= 0.6 is 0 Å². The summed E-state index contributed by atoms with van der Waals surface area (Å²) in [4.78, 5) is 11.9. The Hall–Kier alpha value is -0.820. The van der Waals surface area contributed by atoms with Crippen molar-refractivity contribution in [2.45, 2.75) is 31.5 Å². The summed E-state index contributed by atoms with van der Waals surface area (Å²) in [5.74, 6) is -0.822. The first kappa shape index (κ1) is 15.2. The zero-order valence-corrected chi connectivity index (χ0v) is 10.5. The highest BCUT2D eigenvalue weighted by Gasteiger charge is 2.53. The summed E-state index contributed by atoms with van der Waals surface area (Å²) < 4.78 is 46.7. The predicted octanol–water partition coefficient (Wildman–Crippen LogP) is 1.50. The smallest absolute Gasteiger partial charge is 0.401 e. The molecule has 0 bridgehead atoms. The van der Waals surface area contributed by atoms with E-state index in [4.69, 9.17) is 9.47 Å². The third kappa shape index (κ3) is 3.84. The number of ether oxygens (including phenoxy) is 2. The molecule has 106 valence electrons. The first-order valence-electron chi connectivity index (χ1n) is 5.83. The summed E-state index contributed by atoms with van der Waals surface area (Å²) in [5, 5.41) is 2.30.